The maximum absolute atomic E-state index is 8.02. The molecule has 2 nitrogen and oxygen atoms in total. The molecule has 110 valence electrons. The highest BCUT2D eigenvalue weighted by Gasteiger charge is 2.37. The molecule has 0 spiro atoms. The van der Waals surface area contributed by atoms with Gasteiger partial charge in [0.05, 0.1) is 26.4 Å². The van der Waals surface area contributed by atoms with Gasteiger partial charge in [-0.15, -0.1) is 0 Å². The summed E-state index contributed by atoms with van der Waals surface area (Å²) in [4.78, 5) is 0. The molecule has 2 aromatic rings. The fraction of sp³-hybridized carbons (Fsp3) is 0.368. The smallest absolute Gasteiger partial charge is 0.0717 e. The van der Waals surface area contributed by atoms with Gasteiger partial charge in [-0.3, -0.25) is 0 Å². The van der Waals surface area contributed by atoms with Crippen molar-refractivity contribution in [2.75, 3.05) is 13.2 Å². The lowest BCUT2D eigenvalue weighted by atomic mass is 10.2. The van der Waals surface area contributed by atoms with Crippen LogP contribution in [0.15, 0.2) is 60.7 Å². The lowest BCUT2D eigenvalue weighted by Crippen LogP contribution is -2.03. The molecule has 2 heteroatoms. The van der Waals surface area contributed by atoms with Crippen molar-refractivity contribution in [1.29, 1.82) is 0 Å². The molecule has 0 bridgehead atoms. The van der Waals surface area contributed by atoms with Gasteiger partial charge >= 0.3 is 0 Å². The Morgan fingerprint density at radius 1 is 0.762 bits per heavy atom. The van der Waals surface area contributed by atoms with Crippen LogP contribution in [0.3, 0.4) is 0 Å². The Kier molecular flexibility index (Phi) is 4.59. The van der Waals surface area contributed by atoms with Crippen LogP contribution in [-0.2, 0) is 22.7 Å². The van der Waals surface area contributed by atoms with Gasteiger partial charge in [-0.2, -0.15) is 0 Å². The Bertz CT molecular complexity index is 507. The average Bonchev–Trinajstić information content (AvgIpc) is 3.18. The molecule has 0 N–H and O–H groups in total. The van der Waals surface area contributed by atoms with E-state index in [1.54, 1.807) is 0 Å². The van der Waals surface area contributed by atoms with E-state index in [1.807, 2.05) is 36.4 Å². The van der Waals surface area contributed by atoms with Gasteiger partial charge in [0.25, 0.3) is 0 Å². The molecule has 1 fully saturated rings. The highest BCUT2D eigenvalue weighted by Crippen LogP contribution is 2.39. The van der Waals surface area contributed by atoms with Gasteiger partial charge in [0.15, 0.2) is 0 Å². The second-order valence-electron chi connectivity index (χ2n) is 5.52. The van der Waals surface area contributed by atoms with E-state index in [4.69, 9.17) is 10.8 Å². The summed E-state index contributed by atoms with van der Waals surface area (Å²) in [5.41, 5.74) is 2.36. The van der Waals surface area contributed by atoms with Crippen molar-refractivity contribution in [3.8, 4) is 0 Å². The molecule has 1 aliphatic rings. The summed E-state index contributed by atoms with van der Waals surface area (Å²) in [6, 6.07) is 20.3. The van der Waals surface area contributed by atoms with Crippen molar-refractivity contribution in [3.63, 3.8) is 0 Å². The van der Waals surface area contributed by atoms with E-state index >= 15 is 0 Å². The third-order valence-electron chi connectivity index (χ3n) is 3.75. The van der Waals surface area contributed by atoms with Crippen molar-refractivity contribution in [2.24, 2.45) is 11.8 Å². The maximum Gasteiger partial charge on any atom is 0.0717 e. The lowest BCUT2D eigenvalue weighted by molar-refractivity contribution is 0.0840. The molecular weight excluding hydrogens is 260 g/mol. The third kappa shape index (κ3) is 4.69. The molecule has 0 aromatic heterocycles. The standard InChI is InChI=1S/C19H22O2/c1-3-7-16(8-4-1)12-20-14-18-11-19(18)15-21-13-17-9-5-2-6-10-17/h1-10,18-19H,11-15H2/t18-,19+/i11D/t11?,18-,19+. The Labute approximate surface area is 128 Å². The Morgan fingerprint density at radius 2 is 1.19 bits per heavy atom. The van der Waals surface area contributed by atoms with Crippen molar-refractivity contribution in [1.82, 2.24) is 0 Å². The van der Waals surface area contributed by atoms with Gasteiger partial charge < -0.3 is 9.47 Å². The van der Waals surface area contributed by atoms with Gasteiger partial charge in [0.2, 0.25) is 0 Å². The summed E-state index contributed by atoms with van der Waals surface area (Å²) in [5.74, 6) is 0.638. The Hall–Kier alpha value is -1.64. The molecule has 21 heavy (non-hydrogen) atoms. The van der Waals surface area contributed by atoms with E-state index in [1.165, 1.54) is 11.1 Å². The predicted octanol–water partition coefficient (Wildman–Crippen LogP) is 4.06. The van der Waals surface area contributed by atoms with E-state index < -0.39 is 0 Å². The Morgan fingerprint density at radius 3 is 1.62 bits per heavy atom. The van der Waals surface area contributed by atoms with Gasteiger partial charge in [-0.1, -0.05) is 60.7 Å². The number of rotatable bonds is 8. The SMILES string of the molecule is [2H]C1[C@@H](COCc2ccccc2)[C@H]1COCc1ccccc1. The molecule has 0 heterocycles. The van der Waals surface area contributed by atoms with E-state index in [0.717, 1.165) is 0 Å². The highest BCUT2D eigenvalue weighted by atomic mass is 16.5. The lowest BCUT2D eigenvalue weighted by Gasteiger charge is -2.05. The molecule has 1 aliphatic carbocycles. The number of hydrogen-bond acceptors (Lipinski definition) is 2. The first-order valence-corrected chi connectivity index (χ1v) is 7.50. The van der Waals surface area contributed by atoms with Crippen LogP contribution in [0.5, 0.6) is 0 Å². The van der Waals surface area contributed by atoms with Gasteiger partial charge in [-0.05, 0) is 29.4 Å². The maximum atomic E-state index is 8.02. The molecular formula is C19H22O2. The van der Waals surface area contributed by atoms with E-state index in [-0.39, 0.29) is 6.40 Å². The van der Waals surface area contributed by atoms with Gasteiger partial charge in [-0.25, -0.2) is 0 Å². The first-order chi connectivity index (χ1) is 10.8. The van der Waals surface area contributed by atoms with Gasteiger partial charge in [0.1, 0.15) is 0 Å². The first kappa shape index (κ1) is 13.1. The quantitative estimate of drug-likeness (QED) is 0.727. The largest absolute Gasteiger partial charge is 0.376 e. The summed E-state index contributed by atoms with van der Waals surface area (Å²) >= 11 is 0. The zero-order valence-corrected chi connectivity index (χ0v) is 12.2. The van der Waals surface area contributed by atoms with Crippen molar-refractivity contribution < 1.29 is 10.8 Å². The summed E-state index contributed by atoms with van der Waals surface area (Å²) in [6.07, 6.45) is -0.0356. The number of benzene rings is 2. The van der Waals surface area contributed by atoms with E-state index in [9.17, 15) is 0 Å². The third-order valence-corrected chi connectivity index (χ3v) is 3.75. The van der Waals surface area contributed by atoms with Crippen molar-refractivity contribution in [3.05, 3.63) is 71.8 Å². The molecule has 3 rings (SSSR count). The predicted molar refractivity (Wildman–Crippen MR) is 83.8 cm³/mol. The minimum Gasteiger partial charge on any atom is -0.376 e. The minimum atomic E-state index is -0.0356. The molecule has 0 aliphatic heterocycles. The van der Waals surface area contributed by atoms with E-state index in [2.05, 4.69) is 24.3 Å². The fourth-order valence-corrected chi connectivity index (χ4v) is 2.39. The van der Waals surface area contributed by atoms with E-state index in [0.29, 0.717) is 38.3 Å². The molecule has 1 saturated carbocycles. The molecule has 0 amide bonds. The van der Waals surface area contributed by atoms with Crippen LogP contribution in [-0.4, -0.2) is 13.2 Å². The van der Waals surface area contributed by atoms with Crippen LogP contribution in [0.25, 0.3) is 0 Å². The molecule has 0 radical (unpaired) electrons. The van der Waals surface area contributed by atoms with Crippen molar-refractivity contribution in [2.45, 2.75) is 19.6 Å². The fourth-order valence-electron chi connectivity index (χ4n) is 2.39. The first-order valence-electron chi connectivity index (χ1n) is 8.08. The van der Waals surface area contributed by atoms with Crippen LogP contribution >= 0.6 is 0 Å². The summed E-state index contributed by atoms with van der Waals surface area (Å²) in [5, 5.41) is 0. The summed E-state index contributed by atoms with van der Waals surface area (Å²) < 4.78 is 19.5. The summed E-state index contributed by atoms with van der Waals surface area (Å²) in [7, 11) is 0. The second kappa shape index (κ2) is 7.39. The number of hydrogen-bond donors (Lipinski definition) is 0. The van der Waals surface area contributed by atoms with Crippen LogP contribution < -0.4 is 0 Å². The normalized spacial score (nSPS) is 24.6. The van der Waals surface area contributed by atoms with Crippen LogP contribution in [0.4, 0.5) is 0 Å². The zero-order valence-electron chi connectivity index (χ0n) is 13.2. The monoisotopic (exact) mass is 283 g/mol. The Balaban J connectivity index is 1.33. The molecule has 2 aromatic carbocycles. The average molecular weight is 283 g/mol. The van der Waals surface area contributed by atoms with Crippen LogP contribution in [0, 0.1) is 11.8 Å². The summed E-state index contributed by atoms with van der Waals surface area (Å²) in [6.45, 7) is 2.56. The highest BCUT2D eigenvalue weighted by molar-refractivity contribution is 5.14. The van der Waals surface area contributed by atoms with Crippen LogP contribution in [0.1, 0.15) is 18.9 Å². The molecule has 1 unspecified atom stereocenters. The van der Waals surface area contributed by atoms with Gasteiger partial charge in [0, 0.05) is 1.37 Å². The van der Waals surface area contributed by atoms with Crippen LogP contribution in [0.2, 0.25) is 0 Å². The number of ether oxygens (including phenoxy) is 2. The second-order valence-corrected chi connectivity index (χ2v) is 5.52. The minimum absolute atomic E-state index is 0.0356. The topological polar surface area (TPSA) is 18.5 Å². The molecule has 3 atom stereocenters. The molecule has 0 saturated heterocycles. The van der Waals surface area contributed by atoms with Crippen molar-refractivity contribution >= 4 is 0 Å². The zero-order chi connectivity index (χ0) is 15.2.